The zero-order valence-electron chi connectivity index (χ0n) is 12.8. The third-order valence-electron chi connectivity index (χ3n) is 4.14. The van der Waals surface area contributed by atoms with E-state index in [2.05, 4.69) is 0 Å². The molecule has 1 heterocycles. The van der Waals surface area contributed by atoms with Crippen molar-refractivity contribution < 1.29 is 14.2 Å². The quantitative estimate of drug-likeness (QED) is 0.879. The largest absolute Gasteiger partial charge is 0.512 e. The number of benzene rings is 1. The fourth-order valence-corrected chi connectivity index (χ4v) is 4.01. The summed E-state index contributed by atoms with van der Waals surface area (Å²) in [6.07, 6.45) is 3.20. The molecule has 1 aromatic rings. The molecule has 23 heavy (non-hydrogen) atoms. The van der Waals surface area contributed by atoms with Gasteiger partial charge in [-0.1, -0.05) is 24.3 Å². The van der Waals surface area contributed by atoms with Gasteiger partial charge in [0.2, 0.25) is 0 Å². The molecule has 0 unspecified atom stereocenters. The van der Waals surface area contributed by atoms with Crippen molar-refractivity contribution in [1.82, 2.24) is 0 Å². The van der Waals surface area contributed by atoms with Gasteiger partial charge < -0.3 is 15.6 Å². The van der Waals surface area contributed by atoms with Crippen LogP contribution < -0.4 is 5.73 Å². The fraction of sp³-hybridized carbons (Fsp3) is 0.333. The Bertz CT molecular complexity index is 694. The second kappa shape index (κ2) is 7.34. The second-order valence-corrected chi connectivity index (χ2v) is 6.56. The number of hydrogen-bond donors (Lipinski definition) is 2. The summed E-state index contributed by atoms with van der Waals surface area (Å²) in [7, 11) is 0. The smallest absolute Gasteiger partial charge is 0.127 e. The van der Waals surface area contributed by atoms with Crippen molar-refractivity contribution in [3.8, 4) is 0 Å². The first-order valence-corrected chi connectivity index (χ1v) is 8.67. The molecule has 0 radical (unpaired) electrons. The predicted octanol–water partition coefficient (Wildman–Crippen LogP) is 3.83. The molecule has 3 rings (SSSR count). The average Bonchev–Trinajstić information content (AvgIpc) is 2.70. The van der Waals surface area contributed by atoms with Crippen molar-refractivity contribution in [1.29, 1.82) is 0 Å². The first-order chi connectivity index (χ1) is 11.2. The van der Waals surface area contributed by atoms with Gasteiger partial charge in [0.15, 0.2) is 0 Å². The number of ether oxygens (including phenoxy) is 1. The molecule has 1 aliphatic carbocycles. The van der Waals surface area contributed by atoms with Crippen LogP contribution in [0.2, 0.25) is 0 Å². The van der Waals surface area contributed by atoms with E-state index in [0.29, 0.717) is 43.3 Å². The highest BCUT2D eigenvalue weighted by atomic mass is 32.2. The lowest BCUT2D eigenvalue weighted by Gasteiger charge is -2.23. The number of aliphatic hydroxyl groups excluding tert-OH is 1. The molecule has 5 heteroatoms. The number of nitrogens with two attached hydrogens (primary N) is 1. The molecular formula is C18H20FNO2S. The lowest BCUT2D eigenvalue weighted by Crippen LogP contribution is -2.17. The topological polar surface area (TPSA) is 55.5 Å². The van der Waals surface area contributed by atoms with Gasteiger partial charge in [-0.15, -0.1) is 11.8 Å². The minimum atomic E-state index is -0.188. The molecule has 2 aliphatic rings. The van der Waals surface area contributed by atoms with Crippen molar-refractivity contribution in [3.05, 3.63) is 69.1 Å². The summed E-state index contributed by atoms with van der Waals surface area (Å²) < 4.78 is 19.4. The van der Waals surface area contributed by atoms with E-state index in [1.54, 1.807) is 23.9 Å². The van der Waals surface area contributed by atoms with Gasteiger partial charge in [-0.05, 0) is 29.2 Å². The highest BCUT2D eigenvalue weighted by Gasteiger charge is 2.24. The molecule has 0 aromatic heterocycles. The van der Waals surface area contributed by atoms with Gasteiger partial charge in [-0.25, -0.2) is 4.39 Å². The SMILES string of the molecule is NCC1=C(O)CC=C(SCc2ccccc2F)C2=C1CCOC2. The van der Waals surface area contributed by atoms with E-state index in [0.717, 1.165) is 28.0 Å². The minimum absolute atomic E-state index is 0.188. The van der Waals surface area contributed by atoms with Crippen molar-refractivity contribution in [2.24, 2.45) is 5.73 Å². The third kappa shape index (κ3) is 3.52. The van der Waals surface area contributed by atoms with E-state index in [1.165, 1.54) is 6.07 Å². The monoisotopic (exact) mass is 333 g/mol. The van der Waals surface area contributed by atoms with Gasteiger partial charge in [0.05, 0.1) is 13.2 Å². The van der Waals surface area contributed by atoms with Crippen LogP contribution >= 0.6 is 11.8 Å². The zero-order valence-corrected chi connectivity index (χ0v) is 13.7. The van der Waals surface area contributed by atoms with Crippen molar-refractivity contribution in [2.75, 3.05) is 19.8 Å². The Kier molecular flexibility index (Phi) is 5.20. The van der Waals surface area contributed by atoms with Crippen LogP contribution in [0.1, 0.15) is 18.4 Å². The predicted molar refractivity (Wildman–Crippen MR) is 91.6 cm³/mol. The third-order valence-corrected chi connectivity index (χ3v) is 5.32. The Morgan fingerprint density at radius 1 is 1.26 bits per heavy atom. The van der Waals surface area contributed by atoms with Crippen LogP contribution in [-0.2, 0) is 10.5 Å². The first-order valence-electron chi connectivity index (χ1n) is 7.68. The molecule has 122 valence electrons. The average molecular weight is 333 g/mol. The zero-order chi connectivity index (χ0) is 16.2. The molecule has 3 nitrogen and oxygen atoms in total. The highest BCUT2D eigenvalue weighted by Crippen LogP contribution is 2.38. The maximum absolute atomic E-state index is 13.8. The molecule has 1 aromatic carbocycles. The maximum Gasteiger partial charge on any atom is 0.127 e. The van der Waals surface area contributed by atoms with Crippen LogP contribution in [0.15, 0.2) is 57.7 Å². The number of thioether (sulfide) groups is 1. The van der Waals surface area contributed by atoms with E-state index >= 15 is 0 Å². The second-order valence-electron chi connectivity index (χ2n) is 5.54. The molecule has 0 atom stereocenters. The minimum Gasteiger partial charge on any atom is -0.512 e. The molecule has 0 spiro atoms. The summed E-state index contributed by atoms with van der Waals surface area (Å²) in [6.45, 7) is 1.48. The van der Waals surface area contributed by atoms with Gasteiger partial charge >= 0.3 is 0 Å². The molecule has 0 saturated heterocycles. The number of rotatable bonds is 4. The summed E-state index contributed by atoms with van der Waals surface area (Å²) >= 11 is 1.58. The van der Waals surface area contributed by atoms with Crippen LogP contribution in [0, 0.1) is 5.82 Å². The van der Waals surface area contributed by atoms with E-state index in [4.69, 9.17) is 10.5 Å². The lowest BCUT2D eigenvalue weighted by atomic mass is 9.95. The van der Waals surface area contributed by atoms with E-state index in [1.807, 2.05) is 12.1 Å². The van der Waals surface area contributed by atoms with Crippen LogP contribution in [-0.4, -0.2) is 24.9 Å². The summed E-state index contributed by atoms with van der Waals surface area (Å²) in [4.78, 5) is 1.05. The van der Waals surface area contributed by atoms with Gasteiger partial charge in [0.1, 0.15) is 11.6 Å². The van der Waals surface area contributed by atoms with Gasteiger partial charge in [0.25, 0.3) is 0 Å². The molecule has 1 aliphatic heterocycles. The Labute approximate surface area is 139 Å². The Balaban J connectivity index is 1.86. The molecular weight excluding hydrogens is 313 g/mol. The maximum atomic E-state index is 13.8. The first kappa shape index (κ1) is 16.3. The van der Waals surface area contributed by atoms with E-state index in [9.17, 15) is 9.50 Å². The molecule has 3 N–H and O–H groups in total. The Morgan fingerprint density at radius 3 is 2.87 bits per heavy atom. The summed E-state index contributed by atoms with van der Waals surface area (Å²) in [5.41, 5.74) is 9.52. The van der Waals surface area contributed by atoms with Crippen molar-refractivity contribution in [2.45, 2.75) is 18.6 Å². The Morgan fingerprint density at radius 2 is 2.09 bits per heavy atom. The number of aliphatic hydroxyl groups is 1. The fourth-order valence-electron chi connectivity index (χ4n) is 2.91. The van der Waals surface area contributed by atoms with Crippen LogP contribution in [0.5, 0.6) is 0 Å². The summed E-state index contributed by atoms with van der Waals surface area (Å²) in [5.74, 6) is 0.698. The van der Waals surface area contributed by atoms with Gasteiger partial charge in [-0.2, -0.15) is 0 Å². The van der Waals surface area contributed by atoms with Gasteiger partial charge in [0, 0.05) is 29.2 Å². The Hall–Kier alpha value is -1.56. The molecule has 0 bridgehead atoms. The van der Waals surface area contributed by atoms with Crippen molar-refractivity contribution >= 4 is 11.8 Å². The summed E-state index contributed by atoms with van der Waals surface area (Å²) in [6, 6.07) is 6.81. The van der Waals surface area contributed by atoms with Crippen LogP contribution in [0.3, 0.4) is 0 Å². The summed E-state index contributed by atoms with van der Waals surface area (Å²) in [5, 5.41) is 10.2. The molecule has 0 fully saturated rings. The number of hydrogen-bond acceptors (Lipinski definition) is 4. The number of allylic oxidation sites excluding steroid dienone is 1. The van der Waals surface area contributed by atoms with Crippen LogP contribution in [0.4, 0.5) is 4.39 Å². The van der Waals surface area contributed by atoms with E-state index in [-0.39, 0.29) is 5.82 Å². The van der Waals surface area contributed by atoms with E-state index < -0.39 is 0 Å². The van der Waals surface area contributed by atoms with Gasteiger partial charge in [-0.3, -0.25) is 0 Å². The highest BCUT2D eigenvalue weighted by molar-refractivity contribution is 8.02. The number of halogens is 1. The standard InChI is InChI=1S/C18H20FNO2S/c19-16-4-2-1-3-12(16)11-23-18-6-5-17(21)14(9-20)13-7-8-22-10-15(13)18/h1-4,6,21H,5,7-11,20H2. The lowest BCUT2D eigenvalue weighted by molar-refractivity contribution is 0.149. The molecule has 0 saturated carbocycles. The molecule has 0 amide bonds. The van der Waals surface area contributed by atoms with Crippen LogP contribution in [0.25, 0.3) is 0 Å². The normalized spacial score (nSPS) is 18.6. The van der Waals surface area contributed by atoms with Crippen molar-refractivity contribution in [3.63, 3.8) is 0 Å².